The van der Waals surface area contributed by atoms with Gasteiger partial charge in [-0.25, -0.2) is 4.98 Å². The molecular formula is C10H13BrClN3O. The first kappa shape index (κ1) is 12.1. The van der Waals surface area contributed by atoms with E-state index in [9.17, 15) is 0 Å². The van der Waals surface area contributed by atoms with Crippen molar-refractivity contribution >= 4 is 33.3 Å². The van der Waals surface area contributed by atoms with Gasteiger partial charge in [0.25, 0.3) is 0 Å². The van der Waals surface area contributed by atoms with E-state index in [1.807, 2.05) is 0 Å². The molecule has 1 saturated heterocycles. The second-order valence-electron chi connectivity index (χ2n) is 3.97. The van der Waals surface area contributed by atoms with Crippen LogP contribution in [-0.4, -0.2) is 35.3 Å². The van der Waals surface area contributed by atoms with Crippen molar-refractivity contribution in [2.45, 2.75) is 26.1 Å². The van der Waals surface area contributed by atoms with Crippen molar-refractivity contribution in [2.75, 3.05) is 18.0 Å². The zero-order valence-corrected chi connectivity index (χ0v) is 11.5. The molecule has 1 aromatic rings. The first-order valence-electron chi connectivity index (χ1n) is 5.14. The predicted molar refractivity (Wildman–Crippen MR) is 67.0 cm³/mol. The van der Waals surface area contributed by atoms with Gasteiger partial charge in [-0.15, -0.1) is 0 Å². The van der Waals surface area contributed by atoms with Gasteiger partial charge in [0.05, 0.1) is 16.7 Å². The second-order valence-corrected chi connectivity index (χ2v) is 5.17. The maximum atomic E-state index is 5.81. The third kappa shape index (κ3) is 2.64. The summed E-state index contributed by atoms with van der Waals surface area (Å²) in [7, 11) is 0. The number of hydrogen-bond acceptors (Lipinski definition) is 4. The quantitative estimate of drug-likeness (QED) is 0.747. The molecule has 88 valence electrons. The minimum atomic E-state index is 0.199. The topological polar surface area (TPSA) is 38.2 Å². The van der Waals surface area contributed by atoms with E-state index in [-0.39, 0.29) is 17.5 Å². The highest BCUT2D eigenvalue weighted by molar-refractivity contribution is 9.10. The highest BCUT2D eigenvalue weighted by Crippen LogP contribution is 2.26. The fraction of sp³-hybridized carbons (Fsp3) is 0.600. The Morgan fingerprint density at radius 3 is 2.69 bits per heavy atom. The van der Waals surface area contributed by atoms with E-state index in [0.29, 0.717) is 0 Å². The third-order valence-corrected chi connectivity index (χ3v) is 3.16. The summed E-state index contributed by atoms with van der Waals surface area (Å²) in [6, 6.07) is 0. The third-order valence-electron chi connectivity index (χ3n) is 2.42. The highest BCUT2D eigenvalue weighted by atomic mass is 79.9. The van der Waals surface area contributed by atoms with Crippen molar-refractivity contribution < 1.29 is 4.74 Å². The molecular weight excluding hydrogens is 293 g/mol. The monoisotopic (exact) mass is 305 g/mol. The minimum Gasteiger partial charge on any atom is -0.372 e. The Labute approximate surface area is 108 Å². The molecule has 4 nitrogen and oxygen atoms in total. The molecule has 1 aliphatic rings. The molecule has 0 amide bonds. The molecule has 0 spiro atoms. The molecule has 2 rings (SSSR count). The first-order valence-corrected chi connectivity index (χ1v) is 6.32. The lowest BCUT2D eigenvalue weighted by atomic mass is 10.2. The molecule has 2 unspecified atom stereocenters. The van der Waals surface area contributed by atoms with Crippen LogP contribution in [0.3, 0.4) is 0 Å². The Balaban J connectivity index is 2.25. The second kappa shape index (κ2) is 4.85. The lowest BCUT2D eigenvalue weighted by Crippen LogP contribution is -2.46. The number of ether oxygens (including phenoxy) is 1. The van der Waals surface area contributed by atoms with Crippen LogP contribution in [0.25, 0.3) is 0 Å². The van der Waals surface area contributed by atoms with Gasteiger partial charge in [0.1, 0.15) is 5.82 Å². The maximum absolute atomic E-state index is 5.81. The summed E-state index contributed by atoms with van der Waals surface area (Å²) in [6.07, 6.45) is 2.07. The first-order chi connectivity index (χ1) is 7.56. The molecule has 1 aliphatic heterocycles. The summed E-state index contributed by atoms with van der Waals surface area (Å²) >= 11 is 9.25. The molecule has 2 atom stereocenters. The van der Waals surface area contributed by atoms with Crippen molar-refractivity contribution in [3.63, 3.8) is 0 Å². The maximum Gasteiger partial charge on any atom is 0.224 e. The average molecular weight is 307 g/mol. The zero-order chi connectivity index (χ0) is 11.7. The molecule has 1 fully saturated rings. The summed E-state index contributed by atoms with van der Waals surface area (Å²) in [5.74, 6) is 0.835. The molecule has 0 radical (unpaired) electrons. The van der Waals surface area contributed by atoms with Crippen LogP contribution in [0.15, 0.2) is 10.7 Å². The lowest BCUT2D eigenvalue weighted by molar-refractivity contribution is -0.00550. The van der Waals surface area contributed by atoms with Gasteiger partial charge in [0, 0.05) is 19.3 Å². The normalized spacial score (nSPS) is 25.9. The van der Waals surface area contributed by atoms with E-state index in [1.165, 1.54) is 0 Å². The fourth-order valence-electron chi connectivity index (χ4n) is 1.91. The van der Waals surface area contributed by atoms with Crippen LogP contribution in [0, 0.1) is 0 Å². The van der Waals surface area contributed by atoms with E-state index >= 15 is 0 Å². The Morgan fingerprint density at radius 2 is 2.06 bits per heavy atom. The molecule has 0 N–H and O–H groups in total. The van der Waals surface area contributed by atoms with Gasteiger partial charge < -0.3 is 9.64 Å². The van der Waals surface area contributed by atoms with Crippen LogP contribution in [0.1, 0.15) is 13.8 Å². The SMILES string of the molecule is CC1CN(c2nc(Cl)ncc2Br)CC(C)O1. The molecule has 6 heteroatoms. The summed E-state index contributed by atoms with van der Waals surface area (Å²) in [6.45, 7) is 5.74. The van der Waals surface area contributed by atoms with E-state index in [1.54, 1.807) is 6.20 Å². The Bertz CT molecular complexity index is 380. The average Bonchev–Trinajstić information content (AvgIpc) is 2.20. The Morgan fingerprint density at radius 1 is 1.44 bits per heavy atom. The number of morpholine rings is 1. The predicted octanol–water partition coefficient (Wildman–Crippen LogP) is 2.51. The molecule has 0 aromatic carbocycles. The minimum absolute atomic E-state index is 0.199. The summed E-state index contributed by atoms with van der Waals surface area (Å²) in [5.41, 5.74) is 0. The molecule has 1 aromatic heterocycles. The van der Waals surface area contributed by atoms with E-state index in [4.69, 9.17) is 16.3 Å². The largest absolute Gasteiger partial charge is 0.372 e. The van der Waals surface area contributed by atoms with Crippen molar-refractivity contribution in [1.82, 2.24) is 9.97 Å². The van der Waals surface area contributed by atoms with Gasteiger partial charge in [-0.2, -0.15) is 4.98 Å². The molecule has 0 aliphatic carbocycles. The molecule has 16 heavy (non-hydrogen) atoms. The van der Waals surface area contributed by atoms with Gasteiger partial charge in [0.15, 0.2) is 0 Å². The van der Waals surface area contributed by atoms with Gasteiger partial charge >= 0.3 is 0 Å². The van der Waals surface area contributed by atoms with Crippen LogP contribution in [0.5, 0.6) is 0 Å². The number of aromatic nitrogens is 2. The lowest BCUT2D eigenvalue weighted by Gasteiger charge is -2.36. The van der Waals surface area contributed by atoms with Crippen molar-refractivity contribution in [3.05, 3.63) is 16.0 Å². The van der Waals surface area contributed by atoms with Gasteiger partial charge in [-0.3, -0.25) is 0 Å². The van der Waals surface area contributed by atoms with Crippen molar-refractivity contribution in [3.8, 4) is 0 Å². The van der Waals surface area contributed by atoms with Gasteiger partial charge in [0.2, 0.25) is 5.28 Å². The summed E-state index contributed by atoms with van der Waals surface area (Å²) in [5, 5.41) is 0.269. The molecule has 2 heterocycles. The smallest absolute Gasteiger partial charge is 0.224 e. The van der Waals surface area contributed by atoms with Crippen LogP contribution < -0.4 is 4.90 Å². The zero-order valence-electron chi connectivity index (χ0n) is 9.15. The number of rotatable bonds is 1. The standard InChI is InChI=1S/C10H13BrClN3O/c1-6-4-15(5-7(2)16-6)9-8(11)3-13-10(12)14-9/h3,6-7H,4-5H2,1-2H3. The fourth-order valence-corrected chi connectivity index (χ4v) is 2.48. The van der Waals surface area contributed by atoms with Crippen molar-refractivity contribution in [2.24, 2.45) is 0 Å². The van der Waals surface area contributed by atoms with Crippen LogP contribution in [0.4, 0.5) is 5.82 Å². The van der Waals surface area contributed by atoms with Crippen LogP contribution in [0.2, 0.25) is 5.28 Å². The Kier molecular flexibility index (Phi) is 3.66. The van der Waals surface area contributed by atoms with Gasteiger partial charge in [-0.05, 0) is 41.4 Å². The number of hydrogen-bond donors (Lipinski definition) is 0. The molecule has 0 saturated carbocycles. The van der Waals surface area contributed by atoms with Gasteiger partial charge in [-0.1, -0.05) is 0 Å². The number of nitrogens with zero attached hydrogens (tertiary/aromatic N) is 3. The number of anilines is 1. The van der Waals surface area contributed by atoms with Crippen LogP contribution in [-0.2, 0) is 4.74 Å². The van der Waals surface area contributed by atoms with Crippen molar-refractivity contribution in [1.29, 1.82) is 0 Å². The molecule has 0 bridgehead atoms. The van der Waals surface area contributed by atoms with E-state index in [2.05, 4.69) is 44.6 Å². The van der Waals surface area contributed by atoms with E-state index < -0.39 is 0 Å². The number of halogens is 2. The van der Waals surface area contributed by atoms with Crippen LogP contribution >= 0.6 is 27.5 Å². The highest BCUT2D eigenvalue weighted by Gasteiger charge is 2.24. The van der Waals surface area contributed by atoms with E-state index in [0.717, 1.165) is 23.4 Å². The summed E-state index contributed by atoms with van der Waals surface area (Å²) in [4.78, 5) is 10.3. The summed E-state index contributed by atoms with van der Waals surface area (Å²) < 4.78 is 6.53. The Hall–Kier alpha value is -0.390.